The quantitative estimate of drug-likeness (QED) is 0.475. The van der Waals surface area contributed by atoms with E-state index in [2.05, 4.69) is 5.32 Å². The maximum absolute atomic E-state index is 13.2. The van der Waals surface area contributed by atoms with Gasteiger partial charge in [0.1, 0.15) is 12.6 Å². The van der Waals surface area contributed by atoms with Crippen molar-refractivity contribution in [2.45, 2.75) is 64.1 Å². The monoisotopic (exact) mass is 482 g/mol. The Hall–Kier alpha value is -3.39. The third kappa shape index (κ3) is 6.60. The minimum atomic E-state index is -1.15. The largest absolute Gasteiger partial charge is 0.481 e. The van der Waals surface area contributed by atoms with E-state index in [0.29, 0.717) is 0 Å². The first kappa shape index (κ1) is 26.2. The molecule has 0 saturated heterocycles. The zero-order valence-electron chi connectivity index (χ0n) is 20.7. The SMILES string of the molecule is CC(C)N(CC(C)(C)O)C(=O)C(CCC(=O)O)NC(=O)OCC1c2ccccc2-c2ccccc21. The Kier molecular flexibility index (Phi) is 8.17. The minimum absolute atomic E-state index is 0.0411. The Bertz CT molecular complexity index is 1030. The van der Waals surface area contributed by atoms with Crippen molar-refractivity contribution < 1.29 is 29.3 Å². The van der Waals surface area contributed by atoms with E-state index in [1.54, 1.807) is 27.7 Å². The van der Waals surface area contributed by atoms with Gasteiger partial charge in [-0.25, -0.2) is 4.79 Å². The molecular weight excluding hydrogens is 448 g/mol. The van der Waals surface area contributed by atoms with Gasteiger partial charge in [0.05, 0.1) is 5.60 Å². The maximum atomic E-state index is 13.2. The van der Waals surface area contributed by atoms with Crippen molar-refractivity contribution in [3.05, 3.63) is 59.7 Å². The molecule has 188 valence electrons. The molecule has 1 aliphatic rings. The highest BCUT2D eigenvalue weighted by molar-refractivity contribution is 5.86. The van der Waals surface area contributed by atoms with E-state index in [-0.39, 0.29) is 38.0 Å². The molecule has 0 saturated carbocycles. The normalized spacial score (nSPS) is 13.7. The number of aliphatic hydroxyl groups is 1. The van der Waals surface area contributed by atoms with E-state index < -0.39 is 29.6 Å². The number of nitrogens with zero attached hydrogens (tertiary/aromatic N) is 1. The summed E-state index contributed by atoms with van der Waals surface area (Å²) in [6, 6.07) is 14.6. The van der Waals surface area contributed by atoms with Crippen LogP contribution in [0.3, 0.4) is 0 Å². The second kappa shape index (κ2) is 10.9. The first-order valence-corrected chi connectivity index (χ1v) is 11.8. The molecule has 2 aromatic carbocycles. The molecule has 1 atom stereocenters. The van der Waals surface area contributed by atoms with E-state index >= 15 is 0 Å². The van der Waals surface area contributed by atoms with Crippen LogP contribution in [0.2, 0.25) is 0 Å². The van der Waals surface area contributed by atoms with Crippen molar-refractivity contribution in [1.29, 1.82) is 0 Å². The lowest BCUT2D eigenvalue weighted by molar-refractivity contribution is -0.140. The Labute approximate surface area is 205 Å². The average molecular weight is 483 g/mol. The molecule has 1 unspecified atom stereocenters. The molecule has 8 heteroatoms. The molecule has 2 aromatic rings. The van der Waals surface area contributed by atoms with Gasteiger partial charge >= 0.3 is 12.1 Å². The number of carboxylic acid groups (broad SMARTS) is 1. The lowest BCUT2D eigenvalue weighted by atomic mass is 9.98. The average Bonchev–Trinajstić information content (AvgIpc) is 3.11. The Morgan fingerprint density at radius 3 is 2.06 bits per heavy atom. The number of ether oxygens (including phenoxy) is 1. The second-order valence-electron chi connectivity index (χ2n) is 9.83. The number of carbonyl (C=O) groups is 3. The van der Waals surface area contributed by atoms with Crippen LogP contribution < -0.4 is 5.32 Å². The Balaban J connectivity index is 1.72. The summed E-state index contributed by atoms with van der Waals surface area (Å²) >= 11 is 0. The fourth-order valence-electron chi connectivity index (χ4n) is 4.44. The molecule has 0 bridgehead atoms. The van der Waals surface area contributed by atoms with Crippen molar-refractivity contribution in [1.82, 2.24) is 10.2 Å². The summed E-state index contributed by atoms with van der Waals surface area (Å²) in [5.74, 6) is -1.67. The van der Waals surface area contributed by atoms with Gasteiger partial charge in [-0.3, -0.25) is 9.59 Å². The number of carboxylic acids is 1. The number of rotatable bonds is 10. The minimum Gasteiger partial charge on any atom is -0.481 e. The van der Waals surface area contributed by atoms with E-state index in [1.807, 2.05) is 48.5 Å². The van der Waals surface area contributed by atoms with Crippen LogP contribution in [-0.2, 0) is 14.3 Å². The fourth-order valence-corrected chi connectivity index (χ4v) is 4.44. The van der Waals surface area contributed by atoms with Gasteiger partial charge < -0.3 is 25.2 Å². The van der Waals surface area contributed by atoms with Crippen molar-refractivity contribution >= 4 is 18.0 Å². The van der Waals surface area contributed by atoms with Gasteiger partial charge in [-0.1, -0.05) is 48.5 Å². The number of benzene rings is 2. The van der Waals surface area contributed by atoms with Crippen LogP contribution in [0.25, 0.3) is 11.1 Å². The van der Waals surface area contributed by atoms with E-state index in [0.717, 1.165) is 22.3 Å². The first-order chi connectivity index (χ1) is 16.5. The molecule has 0 fully saturated rings. The smallest absolute Gasteiger partial charge is 0.407 e. The standard InChI is InChI=1S/C27H34N2O6/c1-17(2)29(16-27(3,4)34)25(32)23(13-14-24(30)31)28-26(33)35-15-22-20-11-7-5-9-18(20)19-10-6-8-12-21(19)22/h5-12,17,22-23,34H,13-16H2,1-4H3,(H,28,33)(H,30,31). The topological polar surface area (TPSA) is 116 Å². The second-order valence-corrected chi connectivity index (χ2v) is 9.83. The number of nitrogens with one attached hydrogen (secondary N) is 1. The third-order valence-corrected chi connectivity index (χ3v) is 6.04. The lowest BCUT2D eigenvalue weighted by Gasteiger charge is -2.35. The first-order valence-electron chi connectivity index (χ1n) is 11.8. The molecule has 3 N–H and O–H groups in total. The van der Waals surface area contributed by atoms with Crippen LogP contribution in [0.1, 0.15) is 57.6 Å². The van der Waals surface area contributed by atoms with Gasteiger partial charge in [0.2, 0.25) is 5.91 Å². The number of hydrogen-bond acceptors (Lipinski definition) is 5. The van der Waals surface area contributed by atoms with Crippen molar-refractivity contribution in [3.63, 3.8) is 0 Å². The summed E-state index contributed by atoms with van der Waals surface area (Å²) in [6.45, 7) is 6.88. The van der Waals surface area contributed by atoms with Gasteiger partial charge in [-0.05, 0) is 56.4 Å². The number of aliphatic carboxylic acids is 1. The summed E-state index contributed by atoms with van der Waals surface area (Å²) < 4.78 is 5.55. The molecule has 2 amide bonds. The number of alkyl carbamates (subject to hydrolysis) is 1. The lowest BCUT2D eigenvalue weighted by Crippen LogP contribution is -2.54. The Morgan fingerprint density at radius 2 is 1.57 bits per heavy atom. The fraction of sp³-hybridized carbons (Fsp3) is 0.444. The number of carbonyl (C=O) groups excluding carboxylic acids is 2. The molecular formula is C27H34N2O6. The van der Waals surface area contributed by atoms with Gasteiger partial charge in [0, 0.05) is 24.9 Å². The highest BCUT2D eigenvalue weighted by Gasteiger charge is 2.33. The van der Waals surface area contributed by atoms with Crippen LogP contribution in [-0.4, -0.2) is 63.9 Å². The molecule has 0 aromatic heterocycles. The summed E-state index contributed by atoms with van der Waals surface area (Å²) in [7, 11) is 0. The van der Waals surface area contributed by atoms with Gasteiger partial charge in [0.25, 0.3) is 0 Å². The molecule has 8 nitrogen and oxygen atoms in total. The molecule has 0 radical (unpaired) electrons. The predicted molar refractivity (Wildman–Crippen MR) is 132 cm³/mol. The summed E-state index contributed by atoms with van der Waals surface area (Å²) in [6.07, 6.45) is -1.18. The maximum Gasteiger partial charge on any atom is 0.407 e. The van der Waals surface area contributed by atoms with Gasteiger partial charge in [-0.2, -0.15) is 0 Å². The van der Waals surface area contributed by atoms with Crippen molar-refractivity contribution in [3.8, 4) is 11.1 Å². The van der Waals surface area contributed by atoms with Crippen LogP contribution in [0.15, 0.2) is 48.5 Å². The van der Waals surface area contributed by atoms with Crippen LogP contribution in [0.4, 0.5) is 4.79 Å². The van der Waals surface area contributed by atoms with Gasteiger partial charge in [0.15, 0.2) is 0 Å². The summed E-state index contributed by atoms with van der Waals surface area (Å²) in [5.41, 5.74) is 3.19. The third-order valence-electron chi connectivity index (χ3n) is 6.04. The van der Waals surface area contributed by atoms with E-state index in [1.165, 1.54) is 4.90 Å². The zero-order chi connectivity index (χ0) is 25.8. The number of hydrogen-bond donors (Lipinski definition) is 3. The van der Waals surface area contributed by atoms with E-state index in [9.17, 15) is 19.5 Å². The van der Waals surface area contributed by atoms with Crippen molar-refractivity contribution in [2.75, 3.05) is 13.2 Å². The highest BCUT2D eigenvalue weighted by atomic mass is 16.5. The molecule has 0 aliphatic heterocycles. The summed E-state index contributed by atoms with van der Waals surface area (Å²) in [5, 5.41) is 21.9. The van der Waals surface area contributed by atoms with Crippen molar-refractivity contribution in [2.24, 2.45) is 0 Å². The predicted octanol–water partition coefficient (Wildman–Crippen LogP) is 3.77. The highest BCUT2D eigenvalue weighted by Crippen LogP contribution is 2.44. The zero-order valence-corrected chi connectivity index (χ0v) is 20.7. The molecule has 0 spiro atoms. The number of amides is 2. The molecule has 1 aliphatic carbocycles. The van der Waals surface area contributed by atoms with Gasteiger partial charge in [-0.15, -0.1) is 0 Å². The number of fused-ring (bicyclic) bond motifs is 3. The molecule has 35 heavy (non-hydrogen) atoms. The molecule has 0 heterocycles. The summed E-state index contributed by atoms with van der Waals surface area (Å²) in [4.78, 5) is 38.6. The van der Waals surface area contributed by atoms with Crippen LogP contribution >= 0.6 is 0 Å². The van der Waals surface area contributed by atoms with Crippen LogP contribution in [0.5, 0.6) is 0 Å². The Morgan fingerprint density at radius 1 is 1.03 bits per heavy atom. The van der Waals surface area contributed by atoms with Crippen LogP contribution in [0, 0.1) is 0 Å². The van der Waals surface area contributed by atoms with E-state index in [4.69, 9.17) is 9.84 Å². The molecule has 3 rings (SSSR count).